The molecule has 114 valence electrons. The predicted molar refractivity (Wildman–Crippen MR) is 88.7 cm³/mol. The summed E-state index contributed by atoms with van der Waals surface area (Å²) in [4.78, 5) is 25.5. The van der Waals surface area contributed by atoms with Crippen molar-refractivity contribution < 1.29 is 9.59 Å². The van der Waals surface area contributed by atoms with E-state index in [9.17, 15) is 9.59 Å². The van der Waals surface area contributed by atoms with Crippen molar-refractivity contribution in [1.82, 2.24) is 4.90 Å². The van der Waals surface area contributed by atoms with Gasteiger partial charge in [0.1, 0.15) is 0 Å². The van der Waals surface area contributed by atoms with Crippen molar-refractivity contribution in [2.45, 2.75) is 6.42 Å². The Bertz CT molecular complexity index is 726. The van der Waals surface area contributed by atoms with E-state index in [1.807, 2.05) is 12.1 Å². The number of ketones is 1. The first-order valence-electron chi connectivity index (χ1n) is 6.68. The number of nitrogens with zero attached hydrogens (tertiary/aromatic N) is 1. The van der Waals surface area contributed by atoms with Gasteiger partial charge in [-0.15, -0.1) is 0 Å². The van der Waals surface area contributed by atoms with Gasteiger partial charge in [-0.2, -0.15) is 0 Å². The van der Waals surface area contributed by atoms with Crippen LogP contribution in [0.5, 0.6) is 0 Å². The van der Waals surface area contributed by atoms with Crippen molar-refractivity contribution in [3.05, 3.63) is 69.2 Å². The number of hydrogen-bond donors (Lipinski definition) is 0. The van der Waals surface area contributed by atoms with Gasteiger partial charge in [-0.05, 0) is 35.7 Å². The zero-order chi connectivity index (χ0) is 16.3. The summed E-state index contributed by atoms with van der Waals surface area (Å²) in [5, 5.41) is 1.15. The molecule has 0 atom stereocenters. The van der Waals surface area contributed by atoms with E-state index in [4.69, 9.17) is 23.2 Å². The van der Waals surface area contributed by atoms with Crippen LogP contribution >= 0.6 is 23.2 Å². The average molecular weight is 336 g/mol. The second-order valence-corrected chi connectivity index (χ2v) is 5.94. The Labute approximate surface area is 139 Å². The molecule has 0 aliphatic heterocycles. The van der Waals surface area contributed by atoms with E-state index >= 15 is 0 Å². The number of carbonyl (C=O) groups excluding carboxylic acids is 2. The van der Waals surface area contributed by atoms with Crippen LogP contribution in [0.25, 0.3) is 0 Å². The molecule has 0 spiro atoms. The molecule has 0 saturated carbocycles. The van der Waals surface area contributed by atoms with Crippen LogP contribution in [-0.2, 0) is 11.2 Å². The number of carbonyl (C=O) groups is 2. The molecule has 0 heterocycles. The molecule has 2 aromatic carbocycles. The number of amides is 1. The Balaban J connectivity index is 2.39. The molecular formula is C17H15Cl2NO2. The lowest BCUT2D eigenvalue weighted by Crippen LogP contribution is -2.30. The minimum atomic E-state index is -0.551. The highest BCUT2D eigenvalue weighted by atomic mass is 35.5. The second kappa shape index (κ2) is 6.95. The largest absolute Gasteiger partial charge is 0.342 e. The minimum absolute atomic E-state index is 0.386. The van der Waals surface area contributed by atoms with Gasteiger partial charge >= 0.3 is 0 Å². The fourth-order valence-electron chi connectivity index (χ4n) is 2.10. The summed E-state index contributed by atoms with van der Waals surface area (Å²) in [5.41, 5.74) is 1.94. The van der Waals surface area contributed by atoms with Gasteiger partial charge < -0.3 is 4.90 Å². The minimum Gasteiger partial charge on any atom is -0.342 e. The Morgan fingerprint density at radius 2 is 1.68 bits per heavy atom. The SMILES string of the molecule is CN(C)C(=O)C(=O)c1ccccc1Cc1cc(Cl)ccc1Cl. The predicted octanol–water partition coefficient (Wildman–Crippen LogP) is 3.86. The van der Waals surface area contributed by atoms with Crippen LogP contribution < -0.4 is 0 Å². The smallest absolute Gasteiger partial charge is 0.294 e. The fourth-order valence-corrected chi connectivity index (χ4v) is 2.48. The summed E-state index contributed by atoms with van der Waals surface area (Å²) in [5.74, 6) is -1.08. The molecule has 0 aliphatic carbocycles. The third-order valence-corrected chi connectivity index (χ3v) is 3.85. The Morgan fingerprint density at radius 1 is 1.00 bits per heavy atom. The molecule has 1 amide bonds. The van der Waals surface area contributed by atoms with E-state index in [1.165, 1.54) is 4.90 Å². The van der Waals surface area contributed by atoms with E-state index in [-0.39, 0.29) is 0 Å². The van der Waals surface area contributed by atoms with Gasteiger partial charge in [0.25, 0.3) is 11.7 Å². The molecule has 0 N–H and O–H groups in total. The lowest BCUT2D eigenvalue weighted by molar-refractivity contribution is -0.124. The summed E-state index contributed by atoms with van der Waals surface area (Å²) >= 11 is 12.2. The standard InChI is InChI=1S/C17H15Cl2NO2/c1-20(2)17(22)16(21)14-6-4-3-5-11(14)9-12-10-13(18)7-8-15(12)19/h3-8,10H,9H2,1-2H3. The first-order valence-corrected chi connectivity index (χ1v) is 7.43. The molecule has 0 unspecified atom stereocenters. The van der Waals surface area contributed by atoms with Crippen molar-refractivity contribution in [2.75, 3.05) is 14.1 Å². The third kappa shape index (κ3) is 3.67. The van der Waals surface area contributed by atoms with Crippen LogP contribution in [-0.4, -0.2) is 30.7 Å². The number of benzene rings is 2. The lowest BCUT2D eigenvalue weighted by atomic mass is 9.97. The van der Waals surface area contributed by atoms with Crippen LogP contribution in [0.15, 0.2) is 42.5 Å². The van der Waals surface area contributed by atoms with Crippen molar-refractivity contribution >= 4 is 34.9 Å². The van der Waals surface area contributed by atoms with Crippen LogP contribution in [0, 0.1) is 0 Å². The maximum atomic E-state index is 12.3. The summed E-state index contributed by atoms with van der Waals surface area (Å²) in [6.45, 7) is 0. The second-order valence-electron chi connectivity index (χ2n) is 5.10. The molecule has 5 heteroatoms. The van der Waals surface area contributed by atoms with Gasteiger partial charge in [-0.25, -0.2) is 0 Å². The Hall–Kier alpha value is -1.84. The molecule has 3 nitrogen and oxygen atoms in total. The Morgan fingerprint density at radius 3 is 2.36 bits per heavy atom. The van der Waals surface area contributed by atoms with E-state index in [0.29, 0.717) is 22.0 Å². The molecule has 0 aliphatic rings. The molecule has 0 fully saturated rings. The first-order chi connectivity index (χ1) is 10.4. The highest BCUT2D eigenvalue weighted by Gasteiger charge is 2.21. The average Bonchev–Trinajstić information content (AvgIpc) is 2.50. The number of Topliss-reactive ketones (excluding diaryl/α,β-unsaturated/α-hetero) is 1. The number of halogens is 2. The molecule has 0 saturated heterocycles. The van der Waals surface area contributed by atoms with Gasteiger partial charge in [-0.1, -0.05) is 47.5 Å². The van der Waals surface area contributed by atoms with Crippen molar-refractivity contribution in [3.8, 4) is 0 Å². The van der Waals surface area contributed by atoms with Crippen LogP contribution in [0.3, 0.4) is 0 Å². The number of likely N-dealkylation sites (N-methyl/N-ethyl adjacent to an activating group) is 1. The van der Waals surface area contributed by atoms with Crippen LogP contribution in [0.2, 0.25) is 10.0 Å². The maximum absolute atomic E-state index is 12.3. The van der Waals surface area contributed by atoms with Gasteiger partial charge in [0.2, 0.25) is 0 Å². The van der Waals surface area contributed by atoms with Gasteiger partial charge in [0.05, 0.1) is 0 Å². The fraction of sp³-hybridized carbons (Fsp3) is 0.176. The van der Waals surface area contributed by atoms with E-state index in [0.717, 1.165) is 11.1 Å². The van der Waals surface area contributed by atoms with Gasteiger partial charge in [0.15, 0.2) is 0 Å². The summed E-state index contributed by atoms with van der Waals surface area (Å²) < 4.78 is 0. The molecule has 0 aromatic heterocycles. The third-order valence-electron chi connectivity index (χ3n) is 3.25. The molecule has 22 heavy (non-hydrogen) atoms. The molecule has 0 bridgehead atoms. The summed E-state index contributed by atoms with van der Waals surface area (Å²) in [7, 11) is 3.10. The summed E-state index contributed by atoms with van der Waals surface area (Å²) in [6, 6.07) is 12.2. The zero-order valence-corrected chi connectivity index (χ0v) is 13.8. The molecule has 0 radical (unpaired) electrons. The highest BCUT2D eigenvalue weighted by molar-refractivity contribution is 6.43. The van der Waals surface area contributed by atoms with E-state index in [1.54, 1.807) is 44.4 Å². The molecular weight excluding hydrogens is 321 g/mol. The number of hydrogen-bond acceptors (Lipinski definition) is 2. The van der Waals surface area contributed by atoms with Crippen molar-refractivity contribution in [1.29, 1.82) is 0 Å². The topological polar surface area (TPSA) is 37.4 Å². The van der Waals surface area contributed by atoms with Crippen LogP contribution in [0.1, 0.15) is 21.5 Å². The first kappa shape index (κ1) is 16.5. The lowest BCUT2D eigenvalue weighted by Gasteiger charge is -2.13. The number of rotatable bonds is 4. The molecule has 2 aromatic rings. The van der Waals surface area contributed by atoms with Gasteiger partial charge in [0, 0.05) is 29.7 Å². The van der Waals surface area contributed by atoms with E-state index < -0.39 is 11.7 Å². The van der Waals surface area contributed by atoms with Gasteiger partial charge in [-0.3, -0.25) is 9.59 Å². The van der Waals surface area contributed by atoms with Crippen LogP contribution in [0.4, 0.5) is 0 Å². The van der Waals surface area contributed by atoms with Crippen molar-refractivity contribution in [2.24, 2.45) is 0 Å². The normalized spacial score (nSPS) is 10.4. The Kier molecular flexibility index (Phi) is 5.22. The highest BCUT2D eigenvalue weighted by Crippen LogP contribution is 2.24. The maximum Gasteiger partial charge on any atom is 0.294 e. The zero-order valence-electron chi connectivity index (χ0n) is 12.3. The summed E-state index contributed by atoms with van der Waals surface area (Å²) in [6.07, 6.45) is 0.433. The molecule has 2 rings (SSSR count). The van der Waals surface area contributed by atoms with E-state index in [2.05, 4.69) is 0 Å². The van der Waals surface area contributed by atoms with Crippen molar-refractivity contribution in [3.63, 3.8) is 0 Å². The quantitative estimate of drug-likeness (QED) is 0.628. The monoisotopic (exact) mass is 335 g/mol.